The Balaban J connectivity index is 2.47. The molecule has 0 saturated heterocycles. The molecule has 0 aliphatic rings. The molecule has 0 N–H and O–H groups in total. The third-order valence-electron chi connectivity index (χ3n) is 2.64. The second-order valence-electron chi connectivity index (χ2n) is 3.80. The first-order valence-corrected chi connectivity index (χ1v) is 6.18. The van der Waals surface area contributed by atoms with E-state index >= 15 is 0 Å². The summed E-state index contributed by atoms with van der Waals surface area (Å²) in [5.74, 6) is -1.37. The van der Waals surface area contributed by atoms with Crippen LogP contribution in [0.4, 0.5) is 0 Å². The second-order valence-corrected chi connectivity index (χ2v) is 4.61. The number of nitriles is 1. The molecule has 3 nitrogen and oxygen atoms in total. The number of aromatic nitrogens is 1. The fourth-order valence-corrected chi connectivity index (χ4v) is 2.34. The first-order chi connectivity index (χ1) is 9.15. The van der Waals surface area contributed by atoms with E-state index in [1.807, 2.05) is 6.07 Å². The number of carbonyl (C=O) groups excluding carboxylic acids is 1. The highest BCUT2D eigenvalue weighted by molar-refractivity contribution is 6.36. The number of carbonyl (C=O) groups is 1. The van der Waals surface area contributed by atoms with Gasteiger partial charge in [0.15, 0.2) is 5.78 Å². The van der Waals surface area contributed by atoms with E-state index in [0.29, 0.717) is 21.2 Å². The molecule has 2 rings (SSSR count). The summed E-state index contributed by atoms with van der Waals surface area (Å²) >= 11 is 12.1. The zero-order valence-electron chi connectivity index (χ0n) is 9.68. The van der Waals surface area contributed by atoms with Gasteiger partial charge in [-0.2, -0.15) is 5.26 Å². The van der Waals surface area contributed by atoms with Crippen LogP contribution >= 0.6 is 23.2 Å². The Bertz CT molecular complexity index is 630. The van der Waals surface area contributed by atoms with E-state index in [4.69, 9.17) is 23.2 Å². The fourth-order valence-electron chi connectivity index (χ4n) is 1.72. The van der Waals surface area contributed by atoms with Gasteiger partial charge in [-0.1, -0.05) is 29.3 Å². The molecule has 1 heterocycles. The average Bonchev–Trinajstić information content (AvgIpc) is 2.43. The van der Waals surface area contributed by atoms with Crippen molar-refractivity contribution in [3.63, 3.8) is 0 Å². The van der Waals surface area contributed by atoms with Gasteiger partial charge >= 0.3 is 0 Å². The van der Waals surface area contributed by atoms with Crippen molar-refractivity contribution in [2.24, 2.45) is 0 Å². The summed E-state index contributed by atoms with van der Waals surface area (Å²) in [5.41, 5.74) is 0.743. The first kappa shape index (κ1) is 13.5. The van der Waals surface area contributed by atoms with Crippen molar-refractivity contribution in [2.75, 3.05) is 0 Å². The summed E-state index contributed by atoms with van der Waals surface area (Å²) in [5, 5.41) is 9.87. The Morgan fingerprint density at radius 1 is 1.16 bits per heavy atom. The molecular formula is C14H8Cl2N2O. The van der Waals surface area contributed by atoms with E-state index in [2.05, 4.69) is 4.98 Å². The van der Waals surface area contributed by atoms with E-state index < -0.39 is 5.92 Å². The highest BCUT2D eigenvalue weighted by Crippen LogP contribution is 2.33. The molecule has 2 aromatic rings. The van der Waals surface area contributed by atoms with Crippen molar-refractivity contribution in [3.8, 4) is 6.07 Å². The van der Waals surface area contributed by atoms with Crippen LogP contribution in [0.25, 0.3) is 0 Å². The largest absolute Gasteiger partial charge is 0.292 e. The number of ketones is 1. The number of nitrogens with zero attached hydrogens (tertiary/aromatic N) is 2. The van der Waals surface area contributed by atoms with Gasteiger partial charge in [-0.15, -0.1) is 0 Å². The van der Waals surface area contributed by atoms with Crippen molar-refractivity contribution < 1.29 is 4.79 Å². The minimum atomic E-state index is -1.02. The van der Waals surface area contributed by atoms with Crippen LogP contribution in [0.2, 0.25) is 10.0 Å². The maximum atomic E-state index is 12.3. The minimum absolute atomic E-state index is 0.307. The van der Waals surface area contributed by atoms with Crippen LogP contribution in [0.3, 0.4) is 0 Å². The number of halogens is 2. The number of Topliss-reactive ketones (excluding diaryl/α,β-unsaturated/α-hetero) is 1. The maximum Gasteiger partial charge on any atom is 0.184 e. The van der Waals surface area contributed by atoms with Crippen LogP contribution in [-0.4, -0.2) is 10.8 Å². The Hall–Kier alpha value is -1.89. The molecule has 0 aliphatic heterocycles. The molecule has 1 aromatic carbocycles. The smallest absolute Gasteiger partial charge is 0.184 e. The third kappa shape index (κ3) is 2.76. The van der Waals surface area contributed by atoms with Gasteiger partial charge in [-0.05, 0) is 24.3 Å². The van der Waals surface area contributed by atoms with Crippen LogP contribution in [0.15, 0.2) is 42.7 Å². The monoisotopic (exact) mass is 290 g/mol. The highest BCUT2D eigenvalue weighted by atomic mass is 35.5. The van der Waals surface area contributed by atoms with Crippen LogP contribution in [0.5, 0.6) is 0 Å². The average molecular weight is 291 g/mol. The highest BCUT2D eigenvalue weighted by Gasteiger charge is 2.26. The SMILES string of the molecule is N#CC(C(=O)c1ccncc1)c1c(Cl)cccc1Cl. The molecule has 19 heavy (non-hydrogen) atoms. The van der Waals surface area contributed by atoms with Crippen LogP contribution in [0.1, 0.15) is 21.8 Å². The normalized spacial score (nSPS) is 11.6. The van der Waals surface area contributed by atoms with Gasteiger partial charge in [0.05, 0.1) is 6.07 Å². The molecule has 0 amide bonds. The van der Waals surface area contributed by atoms with Gasteiger partial charge in [0, 0.05) is 33.6 Å². The number of rotatable bonds is 3. The van der Waals surface area contributed by atoms with Crippen molar-refractivity contribution >= 4 is 29.0 Å². The summed E-state index contributed by atoms with van der Waals surface area (Å²) in [4.78, 5) is 16.1. The fraction of sp³-hybridized carbons (Fsp3) is 0.0714. The Kier molecular flexibility index (Phi) is 4.16. The molecule has 1 aromatic heterocycles. The topological polar surface area (TPSA) is 53.8 Å². The summed E-state index contributed by atoms with van der Waals surface area (Å²) in [7, 11) is 0. The van der Waals surface area contributed by atoms with Gasteiger partial charge in [0.1, 0.15) is 5.92 Å². The van der Waals surface area contributed by atoms with Gasteiger partial charge in [0.2, 0.25) is 0 Å². The predicted octanol–water partition coefficient (Wildman–Crippen LogP) is 3.88. The van der Waals surface area contributed by atoms with E-state index in [-0.39, 0.29) is 5.78 Å². The molecule has 0 saturated carbocycles. The third-order valence-corrected chi connectivity index (χ3v) is 3.30. The van der Waals surface area contributed by atoms with Crippen molar-refractivity contribution in [1.82, 2.24) is 4.98 Å². The summed E-state index contributed by atoms with van der Waals surface area (Å²) < 4.78 is 0. The van der Waals surface area contributed by atoms with Crippen molar-refractivity contribution in [3.05, 3.63) is 63.9 Å². The molecule has 0 fully saturated rings. The number of benzene rings is 1. The molecule has 1 unspecified atom stereocenters. The Morgan fingerprint density at radius 2 is 1.74 bits per heavy atom. The van der Waals surface area contributed by atoms with Gasteiger partial charge < -0.3 is 0 Å². The lowest BCUT2D eigenvalue weighted by atomic mass is 9.92. The lowest BCUT2D eigenvalue weighted by molar-refractivity contribution is 0.0979. The van der Waals surface area contributed by atoms with Crippen LogP contribution in [-0.2, 0) is 0 Å². The van der Waals surface area contributed by atoms with Crippen LogP contribution in [0, 0.1) is 11.3 Å². The summed E-state index contributed by atoms with van der Waals surface area (Å²) in [6, 6.07) is 9.94. The number of pyridine rings is 1. The lowest BCUT2D eigenvalue weighted by Gasteiger charge is -2.12. The molecular weight excluding hydrogens is 283 g/mol. The zero-order valence-corrected chi connectivity index (χ0v) is 11.2. The number of hydrogen-bond acceptors (Lipinski definition) is 3. The van der Waals surface area contributed by atoms with E-state index in [9.17, 15) is 10.1 Å². The van der Waals surface area contributed by atoms with Crippen LogP contribution < -0.4 is 0 Å². The Morgan fingerprint density at radius 3 is 2.26 bits per heavy atom. The van der Waals surface area contributed by atoms with Gasteiger partial charge in [-0.3, -0.25) is 9.78 Å². The molecule has 94 valence electrons. The zero-order chi connectivity index (χ0) is 13.8. The standard InChI is InChI=1S/C14H8Cl2N2O/c15-11-2-1-3-12(16)13(11)10(8-17)14(19)9-4-6-18-7-5-9/h1-7,10H. The van der Waals surface area contributed by atoms with E-state index in [1.54, 1.807) is 30.3 Å². The molecule has 0 radical (unpaired) electrons. The maximum absolute atomic E-state index is 12.3. The van der Waals surface area contributed by atoms with Crippen molar-refractivity contribution in [1.29, 1.82) is 5.26 Å². The quantitative estimate of drug-likeness (QED) is 0.806. The molecule has 1 atom stereocenters. The van der Waals surface area contributed by atoms with E-state index in [0.717, 1.165) is 0 Å². The Labute approximate surface area is 120 Å². The summed E-state index contributed by atoms with van der Waals surface area (Å²) in [6.45, 7) is 0. The molecule has 0 spiro atoms. The molecule has 0 bridgehead atoms. The van der Waals surface area contributed by atoms with Gasteiger partial charge in [0.25, 0.3) is 0 Å². The lowest BCUT2D eigenvalue weighted by Crippen LogP contribution is -2.12. The summed E-state index contributed by atoms with van der Waals surface area (Å²) in [6.07, 6.45) is 2.99. The number of hydrogen-bond donors (Lipinski definition) is 0. The second kappa shape index (κ2) is 5.83. The van der Waals surface area contributed by atoms with E-state index in [1.165, 1.54) is 12.4 Å². The molecule has 0 aliphatic carbocycles. The first-order valence-electron chi connectivity index (χ1n) is 5.43. The predicted molar refractivity (Wildman–Crippen MR) is 73.4 cm³/mol. The van der Waals surface area contributed by atoms with Crippen molar-refractivity contribution in [2.45, 2.75) is 5.92 Å². The molecule has 5 heteroatoms. The van der Waals surface area contributed by atoms with Gasteiger partial charge in [-0.25, -0.2) is 0 Å². The minimum Gasteiger partial charge on any atom is -0.292 e.